The lowest BCUT2D eigenvalue weighted by Gasteiger charge is -2.70. The number of carbonyl (C=O) groups is 3. The van der Waals surface area contributed by atoms with Gasteiger partial charge in [-0.25, -0.2) is 4.79 Å². The summed E-state index contributed by atoms with van der Waals surface area (Å²) in [7, 11) is 2.74. The lowest BCUT2D eigenvalue weighted by atomic mass is 9.34. The summed E-state index contributed by atoms with van der Waals surface area (Å²) in [6.45, 7) is 13.6. The normalized spacial score (nSPS) is 33.8. The van der Waals surface area contributed by atoms with E-state index in [1.54, 1.807) is 24.3 Å². The third-order valence-electron chi connectivity index (χ3n) is 14.0. The maximum Gasteiger partial charge on any atom is 0.348 e. The van der Waals surface area contributed by atoms with Crippen LogP contribution in [0.1, 0.15) is 92.1 Å². The molecule has 5 aliphatic carbocycles. The fraction of sp³-hybridized carbons (Fsp3) is 0.535. The van der Waals surface area contributed by atoms with Crippen molar-refractivity contribution in [3.8, 4) is 17.6 Å². The van der Waals surface area contributed by atoms with Gasteiger partial charge in [-0.1, -0.05) is 51.5 Å². The number of nitriles is 1. The molecule has 0 bridgehead atoms. The van der Waals surface area contributed by atoms with Crippen LogP contribution in [0.15, 0.2) is 70.1 Å². The zero-order valence-electron chi connectivity index (χ0n) is 31.7. The molecule has 3 fully saturated rings. The van der Waals surface area contributed by atoms with Crippen LogP contribution in [-0.2, 0) is 23.9 Å². The van der Waals surface area contributed by atoms with Gasteiger partial charge in [-0.05, 0) is 122 Å². The Morgan fingerprint density at radius 1 is 0.981 bits per heavy atom. The number of esters is 2. The third kappa shape index (κ3) is 5.70. The summed E-state index contributed by atoms with van der Waals surface area (Å²) in [5.41, 5.74) is 3.32. The van der Waals surface area contributed by atoms with Gasteiger partial charge in [0.2, 0.25) is 5.78 Å². The van der Waals surface area contributed by atoms with Crippen LogP contribution in [0.5, 0.6) is 11.5 Å². The number of aliphatic hydroxyl groups excluding tert-OH is 1. The minimum absolute atomic E-state index is 0.0529. The number of fused-ring (bicyclic) bond motifs is 7. The molecule has 0 spiro atoms. The second-order valence-corrected chi connectivity index (χ2v) is 16.7. The van der Waals surface area contributed by atoms with Crippen molar-refractivity contribution in [2.24, 2.45) is 33.0 Å². The predicted octanol–water partition coefficient (Wildman–Crippen LogP) is 8.32. The Labute approximate surface area is 307 Å². The van der Waals surface area contributed by atoms with Gasteiger partial charge in [0.05, 0.1) is 19.6 Å². The van der Waals surface area contributed by atoms with E-state index in [1.165, 1.54) is 25.9 Å². The summed E-state index contributed by atoms with van der Waals surface area (Å²) in [6, 6.07) is 6.88. The van der Waals surface area contributed by atoms with E-state index < -0.39 is 11.4 Å². The Morgan fingerprint density at radius 3 is 2.40 bits per heavy atom. The Bertz CT molecular complexity index is 1930. The van der Waals surface area contributed by atoms with Crippen molar-refractivity contribution >= 4 is 23.8 Å². The maximum absolute atomic E-state index is 13.9. The number of methoxy groups -OCH3 is 2. The zero-order valence-corrected chi connectivity index (χ0v) is 31.7. The molecule has 1 aromatic rings. The van der Waals surface area contributed by atoms with Crippen molar-refractivity contribution in [3.63, 3.8) is 0 Å². The molecule has 9 heteroatoms. The molecule has 0 radical (unpaired) electrons. The quantitative estimate of drug-likeness (QED) is 0.122. The molecule has 1 N–H and O–H groups in total. The van der Waals surface area contributed by atoms with E-state index in [2.05, 4.69) is 51.5 Å². The summed E-state index contributed by atoms with van der Waals surface area (Å²) >= 11 is 0. The molecule has 3 saturated carbocycles. The second kappa shape index (κ2) is 13.1. The summed E-state index contributed by atoms with van der Waals surface area (Å²) < 4.78 is 22.0. The zero-order chi connectivity index (χ0) is 37.9. The largest absolute Gasteiger partial charge is 0.504 e. The third-order valence-corrected chi connectivity index (χ3v) is 14.0. The number of allylic oxidation sites excluding steroid dienone is 7. The molecule has 5 aliphatic rings. The van der Waals surface area contributed by atoms with E-state index in [0.29, 0.717) is 22.6 Å². The molecule has 0 amide bonds. The predicted molar refractivity (Wildman–Crippen MR) is 196 cm³/mol. The Hall–Kier alpha value is -4.58. The first-order valence-corrected chi connectivity index (χ1v) is 18.3. The maximum atomic E-state index is 13.9. The lowest BCUT2D eigenvalue weighted by molar-refractivity contribution is -0.182. The lowest BCUT2D eigenvalue weighted by Crippen LogP contribution is -2.62. The number of hydrogen-bond donors (Lipinski definition) is 1. The fourth-order valence-corrected chi connectivity index (χ4v) is 10.4. The van der Waals surface area contributed by atoms with Crippen LogP contribution in [0.2, 0.25) is 0 Å². The van der Waals surface area contributed by atoms with Crippen LogP contribution < -0.4 is 9.47 Å². The van der Waals surface area contributed by atoms with Crippen molar-refractivity contribution in [2.45, 2.75) is 86.5 Å². The van der Waals surface area contributed by atoms with Crippen LogP contribution in [0.4, 0.5) is 0 Å². The van der Waals surface area contributed by atoms with Crippen LogP contribution in [-0.4, -0.2) is 50.3 Å². The van der Waals surface area contributed by atoms with Crippen LogP contribution in [0.3, 0.4) is 0 Å². The first-order chi connectivity index (χ1) is 24.5. The Balaban J connectivity index is 1.18. The van der Waals surface area contributed by atoms with E-state index in [9.17, 15) is 24.8 Å². The number of ether oxygens (including phenoxy) is 4. The highest BCUT2D eigenvalue weighted by molar-refractivity contribution is 6.06. The molecule has 6 atom stereocenters. The highest BCUT2D eigenvalue weighted by Gasteiger charge is 2.67. The molecular weight excluding hydrogens is 658 g/mol. The second-order valence-electron chi connectivity index (χ2n) is 16.7. The molecule has 52 heavy (non-hydrogen) atoms. The number of ketones is 1. The monoisotopic (exact) mass is 709 g/mol. The Kier molecular flexibility index (Phi) is 9.39. The van der Waals surface area contributed by atoms with Crippen LogP contribution >= 0.6 is 0 Å². The number of hydrogen-bond acceptors (Lipinski definition) is 9. The first-order valence-electron chi connectivity index (χ1n) is 18.3. The molecule has 0 saturated heterocycles. The molecule has 0 heterocycles. The number of nitrogens with zero attached hydrogens (tertiary/aromatic N) is 1. The SMILES string of the molecule is COC(=O)/C(C#N)=C\c1ccc(OC)c(OCCOC(=O)[C@]2(C)CC[C@]3(C)CC[C@]4(C)C5=CC=C6C(=CC(=O)C(O)=C6C)[C@]5(C)CC[C@@]4(C)[C@@H]3C2)c1. The number of benzene rings is 1. The van der Waals surface area contributed by atoms with Crippen molar-refractivity contribution in [2.75, 3.05) is 27.4 Å². The van der Waals surface area contributed by atoms with Crippen molar-refractivity contribution < 1.29 is 38.4 Å². The van der Waals surface area contributed by atoms with Crippen molar-refractivity contribution in [3.05, 3.63) is 75.6 Å². The van der Waals surface area contributed by atoms with Gasteiger partial charge in [-0.3, -0.25) is 9.59 Å². The van der Waals surface area contributed by atoms with Gasteiger partial charge in [-0.2, -0.15) is 5.26 Å². The smallest absolute Gasteiger partial charge is 0.348 e. The minimum atomic E-state index is -0.732. The molecule has 0 aromatic heterocycles. The van der Waals surface area contributed by atoms with E-state index in [1.807, 2.05) is 13.0 Å². The van der Waals surface area contributed by atoms with Crippen LogP contribution in [0.25, 0.3) is 6.08 Å². The van der Waals surface area contributed by atoms with Gasteiger partial charge in [0, 0.05) is 11.0 Å². The topological polar surface area (TPSA) is 132 Å². The van der Waals surface area contributed by atoms with E-state index in [0.717, 1.165) is 56.1 Å². The summed E-state index contributed by atoms with van der Waals surface area (Å²) in [6.07, 6.45) is 13.9. The summed E-state index contributed by atoms with van der Waals surface area (Å²) in [5, 5.41) is 19.8. The molecule has 1 aromatic carbocycles. The first kappa shape index (κ1) is 37.2. The number of rotatable bonds is 8. The standard InChI is InChI=1S/C43H51NO8/c1-26-29-10-12-34-41(4,30(29)23-31(45)36(26)46)16-18-43(6)35-24-40(3,14-13-39(35,2)15-17-42(34,43)5)38(48)52-20-19-51-33-22-27(9-11-32(33)49-7)21-28(25-44)37(47)50-8/h9-12,21-23,35,46H,13-20,24H2,1-8H3/b28-21-/t35-,39-,40-,41+,42-,43+/m1/s1. The molecule has 276 valence electrons. The van der Waals surface area contributed by atoms with Gasteiger partial charge in [-0.15, -0.1) is 0 Å². The average Bonchev–Trinajstić information content (AvgIpc) is 3.13. The van der Waals surface area contributed by atoms with E-state index in [4.69, 9.17) is 14.2 Å². The summed E-state index contributed by atoms with van der Waals surface area (Å²) in [4.78, 5) is 38.7. The molecule has 6 rings (SSSR count). The van der Waals surface area contributed by atoms with Gasteiger partial charge in [0.25, 0.3) is 0 Å². The number of aliphatic hydroxyl groups is 1. The highest BCUT2D eigenvalue weighted by Crippen LogP contribution is 2.75. The number of carbonyl (C=O) groups excluding carboxylic acids is 3. The van der Waals surface area contributed by atoms with Crippen molar-refractivity contribution in [1.82, 2.24) is 0 Å². The summed E-state index contributed by atoms with van der Waals surface area (Å²) in [5.74, 6) is -0.285. The van der Waals surface area contributed by atoms with Gasteiger partial charge < -0.3 is 24.1 Å². The van der Waals surface area contributed by atoms with Gasteiger partial charge in [0.1, 0.15) is 24.9 Å². The minimum Gasteiger partial charge on any atom is -0.504 e. The van der Waals surface area contributed by atoms with E-state index >= 15 is 0 Å². The van der Waals surface area contributed by atoms with Gasteiger partial charge >= 0.3 is 11.9 Å². The van der Waals surface area contributed by atoms with Crippen molar-refractivity contribution in [1.29, 1.82) is 5.26 Å². The van der Waals surface area contributed by atoms with E-state index in [-0.39, 0.29) is 63.9 Å². The molecule has 0 aliphatic heterocycles. The molecule has 0 unspecified atom stereocenters. The molecular formula is C43H51NO8. The fourth-order valence-electron chi connectivity index (χ4n) is 10.4. The Morgan fingerprint density at radius 2 is 1.71 bits per heavy atom. The average molecular weight is 710 g/mol. The van der Waals surface area contributed by atoms with Gasteiger partial charge in [0.15, 0.2) is 17.3 Å². The molecule has 9 nitrogen and oxygen atoms in total. The van der Waals surface area contributed by atoms with Crippen LogP contribution in [0, 0.1) is 44.3 Å². The highest BCUT2D eigenvalue weighted by atomic mass is 16.6.